The molecule has 0 amide bonds. The van der Waals surface area contributed by atoms with Gasteiger partial charge in [0.15, 0.2) is 0 Å². The Bertz CT molecular complexity index is 518. The van der Waals surface area contributed by atoms with Gasteiger partial charge >= 0.3 is 11.9 Å². The van der Waals surface area contributed by atoms with Crippen LogP contribution < -0.4 is 10.6 Å². The maximum atomic E-state index is 9.10. The topological polar surface area (TPSA) is 124 Å². The molecule has 4 saturated heterocycles. The number of nitrogens with one attached hydrogen (secondary N) is 2. The number of carboxylic acids is 2. The van der Waals surface area contributed by atoms with Gasteiger partial charge in [-0.15, -0.1) is 0 Å². The average Bonchev–Trinajstić information content (AvgIpc) is 2.90. The minimum atomic E-state index is -1.82. The van der Waals surface area contributed by atoms with Crippen LogP contribution in [0.1, 0.15) is 51.4 Å². The van der Waals surface area contributed by atoms with Crippen LogP contribution in [0, 0.1) is 0 Å². The summed E-state index contributed by atoms with van der Waals surface area (Å²) in [6.45, 7) is 9.77. The monoisotopic (exact) mass is 486 g/mol. The van der Waals surface area contributed by atoms with Crippen LogP contribution in [0.15, 0.2) is 0 Å². The molecule has 4 heterocycles. The number of carboxylic acid groups (broad SMARTS) is 2. The number of likely N-dealkylation sites (tertiary alicyclic amines) is 2. The van der Waals surface area contributed by atoms with Crippen molar-refractivity contribution in [2.75, 3.05) is 66.6 Å². The summed E-state index contributed by atoms with van der Waals surface area (Å²) in [5.41, 5.74) is 0. The van der Waals surface area contributed by atoms with Crippen LogP contribution in [0.25, 0.3) is 0 Å². The SMILES string of the molecule is COC1CCN(C2CCNCC2)CC1.COC1CCN(C2CCNCC2)CC1.O=C(O)C(=O)O. The van der Waals surface area contributed by atoms with E-state index >= 15 is 0 Å². The molecule has 4 rings (SSSR count). The van der Waals surface area contributed by atoms with E-state index in [2.05, 4.69) is 20.4 Å². The molecule has 10 nitrogen and oxygen atoms in total. The van der Waals surface area contributed by atoms with E-state index in [9.17, 15) is 0 Å². The van der Waals surface area contributed by atoms with Gasteiger partial charge in [0.1, 0.15) is 0 Å². The van der Waals surface area contributed by atoms with E-state index in [-0.39, 0.29) is 0 Å². The van der Waals surface area contributed by atoms with E-state index in [1.807, 2.05) is 14.2 Å². The number of methoxy groups -OCH3 is 2. The lowest BCUT2D eigenvalue weighted by Gasteiger charge is -2.39. The third-order valence-corrected chi connectivity index (χ3v) is 7.45. The zero-order valence-electron chi connectivity index (χ0n) is 21.0. The Morgan fingerprint density at radius 1 is 0.618 bits per heavy atom. The summed E-state index contributed by atoms with van der Waals surface area (Å²) in [5.74, 6) is -3.65. The van der Waals surface area contributed by atoms with Crippen LogP contribution >= 0.6 is 0 Å². The van der Waals surface area contributed by atoms with Gasteiger partial charge in [-0.25, -0.2) is 9.59 Å². The predicted octanol–water partition coefficient (Wildman–Crippen LogP) is 0.854. The molecule has 0 aromatic rings. The highest BCUT2D eigenvalue weighted by molar-refractivity contribution is 6.27. The molecule has 198 valence electrons. The van der Waals surface area contributed by atoms with Gasteiger partial charge in [0, 0.05) is 52.5 Å². The molecule has 10 heteroatoms. The van der Waals surface area contributed by atoms with Crippen molar-refractivity contribution in [2.45, 2.75) is 75.7 Å². The molecule has 4 fully saturated rings. The van der Waals surface area contributed by atoms with Crippen LogP contribution in [-0.2, 0) is 19.1 Å². The summed E-state index contributed by atoms with van der Waals surface area (Å²) < 4.78 is 10.8. The minimum absolute atomic E-state index is 0.521. The summed E-state index contributed by atoms with van der Waals surface area (Å²) in [7, 11) is 3.68. The van der Waals surface area contributed by atoms with E-state index in [1.54, 1.807) is 0 Å². The smallest absolute Gasteiger partial charge is 0.414 e. The molecule has 0 bridgehead atoms. The summed E-state index contributed by atoms with van der Waals surface area (Å²) in [6.07, 6.45) is 11.3. The Labute approximate surface area is 204 Å². The number of rotatable bonds is 4. The molecule has 34 heavy (non-hydrogen) atoms. The Morgan fingerprint density at radius 2 is 0.912 bits per heavy atom. The highest BCUT2D eigenvalue weighted by Gasteiger charge is 2.26. The van der Waals surface area contributed by atoms with Crippen molar-refractivity contribution in [3.63, 3.8) is 0 Å². The first-order valence-electron chi connectivity index (χ1n) is 12.9. The average molecular weight is 487 g/mol. The van der Waals surface area contributed by atoms with Gasteiger partial charge in [-0.05, 0) is 77.5 Å². The van der Waals surface area contributed by atoms with Gasteiger partial charge in [-0.3, -0.25) is 0 Å². The van der Waals surface area contributed by atoms with E-state index in [1.165, 1.54) is 104 Å². The second-order valence-electron chi connectivity index (χ2n) is 9.51. The molecule has 0 saturated carbocycles. The molecule has 4 aliphatic rings. The fraction of sp³-hybridized carbons (Fsp3) is 0.917. The number of hydrogen-bond acceptors (Lipinski definition) is 8. The standard InChI is InChI=1S/2C11H22N2O.C2H2O4/c2*1-14-11-4-8-13(9-5-11)10-2-6-12-7-3-10;3-1(4)2(5)6/h2*10-12H,2-9H2,1H3;(H,3,4)(H,5,6). The number of piperidine rings is 4. The van der Waals surface area contributed by atoms with Crippen LogP contribution in [0.4, 0.5) is 0 Å². The van der Waals surface area contributed by atoms with Crippen molar-refractivity contribution in [3.05, 3.63) is 0 Å². The molecule has 4 aliphatic heterocycles. The number of ether oxygens (including phenoxy) is 2. The van der Waals surface area contributed by atoms with Crippen molar-refractivity contribution in [2.24, 2.45) is 0 Å². The predicted molar refractivity (Wildman–Crippen MR) is 130 cm³/mol. The zero-order valence-corrected chi connectivity index (χ0v) is 21.0. The number of carbonyl (C=O) groups is 2. The molecule has 4 N–H and O–H groups in total. The van der Waals surface area contributed by atoms with E-state index in [0.29, 0.717) is 12.2 Å². The van der Waals surface area contributed by atoms with E-state index in [4.69, 9.17) is 29.3 Å². The Morgan fingerprint density at radius 3 is 1.15 bits per heavy atom. The largest absolute Gasteiger partial charge is 0.473 e. The quantitative estimate of drug-likeness (QED) is 0.425. The maximum absolute atomic E-state index is 9.10. The summed E-state index contributed by atoms with van der Waals surface area (Å²) in [5, 5.41) is 21.6. The van der Waals surface area contributed by atoms with Gasteiger partial charge in [0.2, 0.25) is 0 Å². The fourth-order valence-corrected chi connectivity index (χ4v) is 5.30. The number of nitrogens with zero attached hydrogens (tertiary/aromatic N) is 2. The maximum Gasteiger partial charge on any atom is 0.414 e. The number of aliphatic carboxylic acids is 2. The molecule has 0 atom stereocenters. The van der Waals surface area contributed by atoms with Gasteiger partial charge < -0.3 is 40.1 Å². The highest BCUT2D eigenvalue weighted by Crippen LogP contribution is 2.20. The summed E-state index contributed by atoms with van der Waals surface area (Å²) in [4.78, 5) is 23.5. The van der Waals surface area contributed by atoms with Gasteiger partial charge in [0.05, 0.1) is 12.2 Å². The molecular formula is C24H46N4O6. The van der Waals surface area contributed by atoms with Crippen LogP contribution in [0.5, 0.6) is 0 Å². The first-order valence-corrected chi connectivity index (χ1v) is 12.9. The zero-order chi connectivity index (χ0) is 24.8. The van der Waals surface area contributed by atoms with E-state index < -0.39 is 11.9 Å². The lowest BCUT2D eigenvalue weighted by Crippen LogP contribution is -2.47. The molecule has 0 radical (unpaired) electrons. The van der Waals surface area contributed by atoms with Crippen molar-refractivity contribution in [1.29, 1.82) is 0 Å². The lowest BCUT2D eigenvalue weighted by molar-refractivity contribution is -0.159. The second-order valence-corrected chi connectivity index (χ2v) is 9.51. The highest BCUT2D eigenvalue weighted by atomic mass is 16.5. The fourth-order valence-electron chi connectivity index (χ4n) is 5.30. The second kappa shape index (κ2) is 16.4. The van der Waals surface area contributed by atoms with Crippen molar-refractivity contribution in [3.8, 4) is 0 Å². The molecular weight excluding hydrogens is 440 g/mol. The summed E-state index contributed by atoms with van der Waals surface area (Å²) >= 11 is 0. The van der Waals surface area contributed by atoms with Crippen molar-refractivity contribution < 1.29 is 29.3 Å². The van der Waals surface area contributed by atoms with Crippen LogP contribution in [0.3, 0.4) is 0 Å². The molecule has 0 spiro atoms. The Kier molecular flexibility index (Phi) is 13.9. The van der Waals surface area contributed by atoms with E-state index in [0.717, 1.165) is 12.1 Å². The third-order valence-electron chi connectivity index (χ3n) is 7.45. The van der Waals surface area contributed by atoms with Crippen molar-refractivity contribution >= 4 is 11.9 Å². The lowest BCUT2D eigenvalue weighted by atomic mass is 10.00. The minimum Gasteiger partial charge on any atom is -0.473 e. The molecule has 0 aliphatic carbocycles. The van der Waals surface area contributed by atoms with Crippen LogP contribution in [0.2, 0.25) is 0 Å². The normalized spacial score (nSPS) is 24.4. The molecule has 0 aromatic heterocycles. The van der Waals surface area contributed by atoms with Crippen molar-refractivity contribution in [1.82, 2.24) is 20.4 Å². The third kappa shape index (κ3) is 10.5. The number of hydrogen-bond donors (Lipinski definition) is 4. The molecule has 0 aromatic carbocycles. The summed E-state index contributed by atoms with van der Waals surface area (Å²) in [6, 6.07) is 1.68. The molecule has 0 unspecified atom stereocenters. The van der Waals surface area contributed by atoms with Crippen LogP contribution in [-0.4, -0.2) is 123 Å². The van der Waals surface area contributed by atoms with Gasteiger partial charge in [0.25, 0.3) is 0 Å². The Hall–Kier alpha value is -1.30. The van der Waals surface area contributed by atoms with Gasteiger partial charge in [-0.1, -0.05) is 0 Å². The first kappa shape index (κ1) is 28.9. The first-order chi connectivity index (χ1) is 16.4. The Balaban J connectivity index is 0.000000196. The van der Waals surface area contributed by atoms with Gasteiger partial charge in [-0.2, -0.15) is 0 Å².